The Kier molecular flexibility index (Phi) is 3.10. The van der Waals surface area contributed by atoms with Crippen molar-refractivity contribution in [2.75, 3.05) is 0 Å². The highest BCUT2D eigenvalue weighted by molar-refractivity contribution is 4.93. The van der Waals surface area contributed by atoms with Crippen LogP contribution in [-0.4, -0.2) is 18.3 Å². The highest BCUT2D eigenvalue weighted by Crippen LogP contribution is 2.35. The molecular formula is C12H22FN. The van der Waals surface area contributed by atoms with Crippen molar-refractivity contribution < 1.29 is 4.39 Å². The molecule has 1 N–H and O–H groups in total. The summed E-state index contributed by atoms with van der Waals surface area (Å²) in [5.74, 6) is 1.54. The fourth-order valence-electron chi connectivity index (χ4n) is 2.91. The molecule has 2 aliphatic carbocycles. The molecule has 0 heterocycles. The van der Waals surface area contributed by atoms with Gasteiger partial charge in [0.25, 0.3) is 0 Å². The van der Waals surface area contributed by atoms with Crippen LogP contribution in [0.15, 0.2) is 0 Å². The van der Waals surface area contributed by atoms with Crippen molar-refractivity contribution in [2.24, 2.45) is 11.8 Å². The zero-order valence-corrected chi connectivity index (χ0v) is 9.30. The van der Waals surface area contributed by atoms with E-state index in [2.05, 4.69) is 19.2 Å². The molecule has 0 saturated heterocycles. The van der Waals surface area contributed by atoms with Crippen LogP contribution in [0.1, 0.15) is 46.0 Å². The molecule has 0 aromatic carbocycles. The molecule has 0 aromatic rings. The molecule has 2 aliphatic rings. The van der Waals surface area contributed by atoms with E-state index >= 15 is 0 Å². The number of alkyl halides is 1. The maximum atomic E-state index is 13.4. The van der Waals surface area contributed by atoms with E-state index in [1.54, 1.807) is 0 Å². The van der Waals surface area contributed by atoms with Gasteiger partial charge in [-0.1, -0.05) is 13.8 Å². The summed E-state index contributed by atoms with van der Waals surface area (Å²) in [7, 11) is 0. The Morgan fingerprint density at radius 2 is 1.86 bits per heavy atom. The number of hydrogen-bond donors (Lipinski definition) is 1. The van der Waals surface area contributed by atoms with Crippen molar-refractivity contribution in [3.05, 3.63) is 0 Å². The Morgan fingerprint density at radius 1 is 1.07 bits per heavy atom. The third-order valence-corrected chi connectivity index (χ3v) is 4.04. The normalized spacial score (nSPS) is 42.9. The first-order valence-corrected chi connectivity index (χ1v) is 6.08. The zero-order valence-electron chi connectivity index (χ0n) is 9.30. The smallest absolute Gasteiger partial charge is 0.115 e. The van der Waals surface area contributed by atoms with Gasteiger partial charge in [-0.2, -0.15) is 0 Å². The lowest BCUT2D eigenvalue weighted by Crippen LogP contribution is -2.51. The minimum Gasteiger partial charge on any atom is -0.308 e. The van der Waals surface area contributed by atoms with Crippen molar-refractivity contribution in [3.8, 4) is 0 Å². The molecule has 0 spiro atoms. The van der Waals surface area contributed by atoms with Crippen LogP contribution in [0.5, 0.6) is 0 Å². The summed E-state index contributed by atoms with van der Waals surface area (Å²) in [5.41, 5.74) is 0. The van der Waals surface area contributed by atoms with Crippen molar-refractivity contribution in [1.82, 2.24) is 5.32 Å². The van der Waals surface area contributed by atoms with Crippen LogP contribution in [0.2, 0.25) is 0 Å². The number of halogens is 1. The minimum absolute atomic E-state index is 0.168. The van der Waals surface area contributed by atoms with Crippen LogP contribution in [0, 0.1) is 11.8 Å². The van der Waals surface area contributed by atoms with E-state index in [1.165, 1.54) is 12.8 Å². The first kappa shape index (κ1) is 10.4. The summed E-state index contributed by atoms with van der Waals surface area (Å²) in [6, 6.07) is 0.776. The maximum absolute atomic E-state index is 13.4. The Balaban J connectivity index is 1.80. The molecule has 2 fully saturated rings. The topological polar surface area (TPSA) is 12.0 Å². The first-order chi connectivity index (χ1) is 6.68. The number of rotatable bonds is 3. The van der Waals surface area contributed by atoms with Crippen LogP contribution in [0.25, 0.3) is 0 Å². The average Bonchev–Trinajstić information content (AvgIpc) is 2.44. The van der Waals surface area contributed by atoms with Gasteiger partial charge in [0.1, 0.15) is 6.17 Å². The SMILES string of the molecule is CC(C)C1CCC1N[C@H]1CCC[C@H]1F. The predicted molar refractivity (Wildman–Crippen MR) is 57.0 cm³/mol. The van der Waals surface area contributed by atoms with E-state index in [0.717, 1.165) is 31.1 Å². The third kappa shape index (κ3) is 1.95. The maximum Gasteiger partial charge on any atom is 0.115 e. The van der Waals surface area contributed by atoms with Gasteiger partial charge in [-0.25, -0.2) is 4.39 Å². The lowest BCUT2D eigenvalue weighted by molar-refractivity contribution is 0.126. The molecule has 2 rings (SSSR count). The molecule has 0 aliphatic heterocycles. The lowest BCUT2D eigenvalue weighted by Gasteiger charge is -2.42. The fraction of sp³-hybridized carbons (Fsp3) is 1.00. The van der Waals surface area contributed by atoms with Crippen LogP contribution >= 0.6 is 0 Å². The fourth-order valence-corrected chi connectivity index (χ4v) is 2.91. The van der Waals surface area contributed by atoms with Crippen molar-refractivity contribution in [2.45, 2.75) is 64.2 Å². The van der Waals surface area contributed by atoms with E-state index in [1.807, 2.05) is 0 Å². The van der Waals surface area contributed by atoms with Crippen LogP contribution in [0.3, 0.4) is 0 Å². The molecule has 0 amide bonds. The van der Waals surface area contributed by atoms with Crippen molar-refractivity contribution in [1.29, 1.82) is 0 Å². The van der Waals surface area contributed by atoms with Gasteiger partial charge in [-0.05, 0) is 43.9 Å². The molecule has 0 aromatic heterocycles. The standard InChI is InChI=1S/C12H22FN/c1-8(2)9-6-7-11(9)14-12-5-3-4-10(12)13/h8-12,14H,3-7H2,1-2H3/t9?,10-,11?,12+/m1/s1. The van der Waals surface area contributed by atoms with E-state index < -0.39 is 6.17 Å². The quantitative estimate of drug-likeness (QED) is 0.737. The molecular weight excluding hydrogens is 177 g/mol. The Labute approximate surface area is 86.5 Å². The van der Waals surface area contributed by atoms with Gasteiger partial charge < -0.3 is 5.32 Å². The summed E-state index contributed by atoms with van der Waals surface area (Å²) in [4.78, 5) is 0. The summed E-state index contributed by atoms with van der Waals surface area (Å²) < 4.78 is 13.4. The number of hydrogen-bond acceptors (Lipinski definition) is 1. The predicted octanol–water partition coefficient (Wildman–Crippen LogP) is 2.90. The van der Waals surface area contributed by atoms with Gasteiger partial charge in [0.15, 0.2) is 0 Å². The van der Waals surface area contributed by atoms with Crippen LogP contribution < -0.4 is 5.32 Å². The number of nitrogens with one attached hydrogen (secondary N) is 1. The Hall–Kier alpha value is -0.110. The molecule has 4 atom stereocenters. The lowest BCUT2D eigenvalue weighted by atomic mass is 9.72. The Bertz CT molecular complexity index is 193. The first-order valence-electron chi connectivity index (χ1n) is 6.08. The van der Waals surface area contributed by atoms with Crippen LogP contribution in [0.4, 0.5) is 4.39 Å². The van der Waals surface area contributed by atoms with Crippen molar-refractivity contribution in [3.63, 3.8) is 0 Å². The van der Waals surface area contributed by atoms with Gasteiger partial charge >= 0.3 is 0 Å². The van der Waals surface area contributed by atoms with Gasteiger partial charge in [-0.3, -0.25) is 0 Å². The molecule has 2 saturated carbocycles. The van der Waals surface area contributed by atoms with Crippen molar-refractivity contribution >= 4 is 0 Å². The molecule has 0 bridgehead atoms. The van der Waals surface area contributed by atoms with Gasteiger partial charge in [0.2, 0.25) is 0 Å². The molecule has 14 heavy (non-hydrogen) atoms. The second-order valence-electron chi connectivity index (χ2n) is 5.31. The summed E-state index contributed by atoms with van der Waals surface area (Å²) >= 11 is 0. The summed E-state index contributed by atoms with van der Waals surface area (Å²) in [6.45, 7) is 4.56. The van der Waals surface area contributed by atoms with E-state index in [4.69, 9.17) is 0 Å². The van der Waals surface area contributed by atoms with E-state index in [-0.39, 0.29) is 6.04 Å². The molecule has 2 unspecified atom stereocenters. The zero-order chi connectivity index (χ0) is 10.1. The van der Waals surface area contributed by atoms with Gasteiger partial charge in [0, 0.05) is 12.1 Å². The second-order valence-corrected chi connectivity index (χ2v) is 5.31. The van der Waals surface area contributed by atoms with E-state index in [0.29, 0.717) is 6.04 Å². The molecule has 82 valence electrons. The largest absolute Gasteiger partial charge is 0.308 e. The molecule has 2 heteroatoms. The van der Waals surface area contributed by atoms with Crippen LogP contribution in [-0.2, 0) is 0 Å². The summed E-state index contributed by atoms with van der Waals surface area (Å²) in [5, 5.41) is 3.52. The molecule has 1 nitrogen and oxygen atoms in total. The van der Waals surface area contributed by atoms with Gasteiger partial charge in [0.05, 0.1) is 0 Å². The monoisotopic (exact) mass is 199 g/mol. The third-order valence-electron chi connectivity index (χ3n) is 4.04. The average molecular weight is 199 g/mol. The van der Waals surface area contributed by atoms with Gasteiger partial charge in [-0.15, -0.1) is 0 Å². The summed E-state index contributed by atoms with van der Waals surface area (Å²) in [6.07, 6.45) is 4.89. The highest BCUT2D eigenvalue weighted by atomic mass is 19.1. The minimum atomic E-state index is -0.580. The Morgan fingerprint density at radius 3 is 2.29 bits per heavy atom. The van der Waals surface area contributed by atoms with E-state index in [9.17, 15) is 4.39 Å². The highest BCUT2D eigenvalue weighted by Gasteiger charge is 2.37. The molecule has 0 radical (unpaired) electrons. The second kappa shape index (κ2) is 4.18.